The predicted molar refractivity (Wildman–Crippen MR) is 107 cm³/mol. The third kappa shape index (κ3) is 4.72. The van der Waals surface area contributed by atoms with Gasteiger partial charge in [0.25, 0.3) is 0 Å². The van der Waals surface area contributed by atoms with Crippen molar-refractivity contribution in [3.8, 4) is 0 Å². The van der Waals surface area contributed by atoms with Crippen molar-refractivity contribution in [2.45, 2.75) is 38.0 Å². The molecule has 1 fully saturated rings. The standard InChI is InChI=1S/C22H22Cl2O3/c23-19-8-4-7-17(20(19)24)13-18(22(26)27)21(25)16-11-9-15(10-12-16)14-5-2-1-3-6-14/h1-8,15-16,18H,9-13H2,(H,26,27). The maximum atomic E-state index is 12.9. The first-order chi connectivity index (χ1) is 13.0. The van der Waals surface area contributed by atoms with Crippen LogP contribution >= 0.6 is 23.2 Å². The van der Waals surface area contributed by atoms with Gasteiger partial charge in [0.05, 0.1) is 10.0 Å². The summed E-state index contributed by atoms with van der Waals surface area (Å²) in [5, 5.41) is 10.3. The molecule has 27 heavy (non-hydrogen) atoms. The fraction of sp³-hybridized carbons (Fsp3) is 0.364. The molecular weight excluding hydrogens is 383 g/mol. The number of hydrogen-bond donors (Lipinski definition) is 1. The fourth-order valence-electron chi connectivity index (χ4n) is 3.96. The van der Waals surface area contributed by atoms with Crippen molar-refractivity contribution in [3.63, 3.8) is 0 Å². The third-order valence-corrected chi connectivity index (χ3v) is 6.36. The molecule has 1 atom stereocenters. The molecule has 1 aliphatic carbocycles. The Kier molecular flexibility index (Phi) is 6.56. The van der Waals surface area contributed by atoms with Crippen LogP contribution in [0.25, 0.3) is 0 Å². The van der Waals surface area contributed by atoms with Gasteiger partial charge in [0.1, 0.15) is 5.92 Å². The molecule has 2 aromatic rings. The molecule has 0 heterocycles. The van der Waals surface area contributed by atoms with Gasteiger partial charge in [-0.25, -0.2) is 0 Å². The molecule has 2 aromatic carbocycles. The van der Waals surface area contributed by atoms with Gasteiger partial charge < -0.3 is 5.11 Å². The number of ketones is 1. The number of aliphatic carboxylic acids is 1. The summed E-state index contributed by atoms with van der Waals surface area (Å²) < 4.78 is 0. The average molecular weight is 405 g/mol. The Bertz CT molecular complexity index is 812. The number of Topliss-reactive ketones (excluding diaryl/α,β-unsaturated/α-hetero) is 1. The first-order valence-corrected chi connectivity index (χ1v) is 9.97. The highest BCUT2D eigenvalue weighted by Crippen LogP contribution is 2.37. The van der Waals surface area contributed by atoms with E-state index in [9.17, 15) is 14.7 Å². The molecule has 3 rings (SSSR count). The lowest BCUT2D eigenvalue weighted by molar-refractivity contribution is -0.147. The Hall–Kier alpha value is -1.84. The van der Waals surface area contributed by atoms with Crippen molar-refractivity contribution >= 4 is 35.0 Å². The van der Waals surface area contributed by atoms with Crippen molar-refractivity contribution in [1.82, 2.24) is 0 Å². The van der Waals surface area contributed by atoms with E-state index < -0.39 is 11.9 Å². The Balaban J connectivity index is 1.67. The van der Waals surface area contributed by atoms with Crippen LogP contribution in [0.2, 0.25) is 10.0 Å². The van der Waals surface area contributed by atoms with Gasteiger partial charge >= 0.3 is 5.97 Å². The second-order valence-corrected chi connectivity index (χ2v) is 7.95. The molecular formula is C22H22Cl2O3. The van der Waals surface area contributed by atoms with E-state index in [4.69, 9.17) is 23.2 Å². The van der Waals surface area contributed by atoms with E-state index in [0.717, 1.165) is 25.7 Å². The number of hydrogen-bond acceptors (Lipinski definition) is 2. The highest BCUT2D eigenvalue weighted by Gasteiger charge is 2.35. The maximum Gasteiger partial charge on any atom is 0.314 e. The summed E-state index contributed by atoms with van der Waals surface area (Å²) in [4.78, 5) is 24.7. The molecule has 1 unspecified atom stereocenters. The third-order valence-electron chi connectivity index (χ3n) is 5.50. The van der Waals surface area contributed by atoms with Crippen molar-refractivity contribution in [2.75, 3.05) is 0 Å². The Morgan fingerprint density at radius 2 is 1.63 bits per heavy atom. The topological polar surface area (TPSA) is 54.4 Å². The molecule has 0 saturated heterocycles. The van der Waals surface area contributed by atoms with Gasteiger partial charge in [-0.2, -0.15) is 0 Å². The molecule has 0 aromatic heterocycles. The largest absolute Gasteiger partial charge is 0.481 e. The molecule has 5 heteroatoms. The van der Waals surface area contributed by atoms with Crippen LogP contribution < -0.4 is 0 Å². The number of carbonyl (C=O) groups is 2. The molecule has 142 valence electrons. The molecule has 0 bridgehead atoms. The molecule has 0 aliphatic heterocycles. The van der Waals surface area contributed by atoms with E-state index in [1.165, 1.54) is 5.56 Å². The summed E-state index contributed by atoms with van der Waals surface area (Å²) in [5.41, 5.74) is 1.90. The minimum Gasteiger partial charge on any atom is -0.481 e. The van der Waals surface area contributed by atoms with Gasteiger partial charge in [-0.15, -0.1) is 0 Å². The van der Waals surface area contributed by atoms with Crippen LogP contribution in [0.15, 0.2) is 48.5 Å². The molecule has 3 nitrogen and oxygen atoms in total. The van der Waals surface area contributed by atoms with Crippen molar-refractivity contribution < 1.29 is 14.7 Å². The highest BCUT2D eigenvalue weighted by atomic mass is 35.5. The van der Waals surface area contributed by atoms with Crippen molar-refractivity contribution in [2.24, 2.45) is 11.8 Å². The van der Waals surface area contributed by atoms with Crippen LogP contribution in [0.5, 0.6) is 0 Å². The fourth-order valence-corrected chi connectivity index (χ4v) is 4.35. The van der Waals surface area contributed by atoms with Gasteiger partial charge in [-0.05, 0) is 55.2 Å². The number of benzene rings is 2. The SMILES string of the molecule is O=C(O)C(Cc1cccc(Cl)c1Cl)C(=O)C1CCC(c2ccccc2)CC1. The summed E-state index contributed by atoms with van der Waals surface area (Å²) in [5.74, 6) is -2.13. The van der Waals surface area contributed by atoms with Crippen LogP contribution in [0, 0.1) is 11.8 Å². The lowest BCUT2D eigenvalue weighted by atomic mass is 9.74. The summed E-state index contributed by atoms with van der Waals surface area (Å²) in [7, 11) is 0. The second kappa shape index (κ2) is 8.90. The van der Waals surface area contributed by atoms with Crippen LogP contribution in [-0.2, 0) is 16.0 Å². The van der Waals surface area contributed by atoms with Crippen LogP contribution in [-0.4, -0.2) is 16.9 Å². The molecule has 0 spiro atoms. The molecule has 1 N–H and O–H groups in total. The van der Waals surface area contributed by atoms with Crippen molar-refractivity contribution in [3.05, 3.63) is 69.7 Å². The summed E-state index contributed by atoms with van der Waals surface area (Å²) in [6.07, 6.45) is 3.35. The first-order valence-electron chi connectivity index (χ1n) is 9.21. The second-order valence-electron chi connectivity index (χ2n) is 7.17. The summed E-state index contributed by atoms with van der Waals surface area (Å²) >= 11 is 12.2. The zero-order chi connectivity index (χ0) is 19.4. The smallest absolute Gasteiger partial charge is 0.314 e. The van der Waals surface area contributed by atoms with Gasteiger partial charge in [0.2, 0.25) is 0 Å². The van der Waals surface area contributed by atoms with Gasteiger partial charge in [-0.3, -0.25) is 9.59 Å². The van der Waals surface area contributed by atoms with E-state index in [-0.39, 0.29) is 18.1 Å². The minimum atomic E-state index is -1.10. The van der Waals surface area contributed by atoms with Gasteiger partial charge in [0, 0.05) is 5.92 Å². The Morgan fingerprint density at radius 1 is 0.963 bits per heavy atom. The maximum absolute atomic E-state index is 12.9. The van der Waals surface area contributed by atoms with E-state index in [2.05, 4.69) is 12.1 Å². The molecule has 1 saturated carbocycles. The van der Waals surface area contributed by atoms with E-state index >= 15 is 0 Å². The van der Waals surface area contributed by atoms with Crippen LogP contribution in [0.1, 0.15) is 42.7 Å². The number of rotatable bonds is 6. The monoisotopic (exact) mass is 404 g/mol. The summed E-state index contributed by atoms with van der Waals surface area (Å²) in [6, 6.07) is 15.4. The van der Waals surface area contributed by atoms with E-state index in [1.807, 2.05) is 18.2 Å². The predicted octanol–water partition coefficient (Wildman–Crippen LogP) is 5.78. The van der Waals surface area contributed by atoms with Crippen LogP contribution in [0.3, 0.4) is 0 Å². The number of carboxylic acid groups (broad SMARTS) is 1. The lowest BCUT2D eigenvalue weighted by Crippen LogP contribution is -2.33. The first kappa shape index (κ1) is 19.9. The quantitative estimate of drug-likeness (QED) is 0.620. The minimum absolute atomic E-state index is 0.0756. The normalized spacial score (nSPS) is 20.8. The summed E-state index contributed by atoms with van der Waals surface area (Å²) in [6.45, 7) is 0. The zero-order valence-corrected chi connectivity index (χ0v) is 16.4. The molecule has 0 amide bonds. The van der Waals surface area contributed by atoms with Gasteiger partial charge in [0.15, 0.2) is 5.78 Å². The number of carbonyl (C=O) groups excluding carboxylic acids is 1. The Morgan fingerprint density at radius 3 is 2.26 bits per heavy atom. The van der Waals surface area contributed by atoms with Crippen LogP contribution in [0.4, 0.5) is 0 Å². The number of halogens is 2. The van der Waals surface area contributed by atoms with Crippen molar-refractivity contribution in [1.29, 1.82) is 0 Å². The zero-order valence-electron chi connectivity index (χ0n) is 14.9. The van der Waals surface area contributed by atoms with E-state index in [0.29, 0.717) is 21.5 Å². The number of carboxylic acids is 1. The Labute approximate surface area is 169 Å². The van der Waals surface area contributed by atoms with Gasteiger partial charge in [-0.1, -0.05) is 65.7 Å². The molecule has 0 radical (unpaired) electrons. The highest BCUT2D eigenvalue weighted by molar-refractivity contribution is 6.42. The van der Waals surface area contributed by atoms with E-state index in [1.54, 1.807) is 18.2 Å². The average Bonchev–Trinajstić information content (AvgIpc) is 2.69. The lowest BCUT2D eigenvalue weighted by Gasteiger charge is -2.29. The molecule has 1 aliphatic rings.